The van der Waals surface area contributed by atoms with Gasteiger partial charge in [0.1, 0.15) is 11.4 Å². The molecule has 0 fully saturated rings. The monoisotopic (exact) mass is 438 g/mol. The summed E-state index contributed by atoms with van der Waals surface area (Å²) in [5, 5.41) is 21.1. The molecular formula is C19H18N8O3S. The molecule has 4 aromatic rings. The van der Waals surface area contributed by atoms with Gasteiger partial charge in [-0.1, -0.05) is 11.3 Å². The third-order valence-corrected chi connectivity index (χ3v) is 4.84. The Morgan fingerprint density at radius 3 is 2.74 bits per heavy atom. The standard InChI is InChI=1S/C19H18N8O3S/c1-11(2)29-13-7-5-12(6-8-13)10-21-23-19(28)15-16(14-4-3-9-31-14)27(26-22-15)18-17(20)24-30-25-18/h3-11H,1-2H3,(H2,20,24)(H,23,28)/b21-10+. The molecular weight excluding hydrogens is 420 g/mol. The van der Waals surface area contributed by atoms with E-state index in [0.29, 0.717) is 5.69 Å². The predicted molar refractivity (Wildman–Crippen MR) is 114 cm³/mol. The highest BCUT2D eigenvalue weighted by atomic mass is 32.1. The zero-order valence-corrected chi connectivity index (χ0v) is 17.4. The van der Waals surface area contributed by atoms with E-state index in [1.54, 1.807) is 0 Å². The maximum absolute atomic E-state index is 12.7. The van der Waals surface area contributed by atoms with Gasteiger partial charge in [0.15, 0.2) is 5.69 Å². The zero-order valence-electron chi connectivity index (χ0n) is 16.6. The average Bonchev–Trinajstić information content (AvgIpc) is 3.48. The van der Waals surface area contributed by atoms with Gasteiger partial charge in [0.05, 0.1) is 17.2 Å². The van der Waals surface area contributed by atoms with Gasteiger partial charge in [-0.3, -0.25) is 4.79 Å². The Hall–Kier alpha value is -4.06. The molecule has 0 saturated heterocycles. The fourth-order valence-corrected chi connectivity index (χ4v) is 3.43. The van der Waals surface area contributed by atoms with Crippen molar-refractivity contribution in [2.45, 2.75) is 20.0 Å². The fourth-order valence-electron chi connectivity index (χ4n) is 2.68. The molecule has 158 valence electrons. The van der Waals surface area contributed by atoms with Crippen molar-refractivity contribution in [3.8, 4) is 22.1 Å². The number of amides is 1. The largest absolute Gasteiger partial charge is 0.491 e. The lowest BCUT2D eigenvalue weighted by Crippen LogP contribution is -2.19. The first-order chi connectivity index (χ1) is 15.0. The molecule has 0 aliphatic rings. The van der Waals surface area contributed by atoms with Gasteiger partial charge in [0, 0.05) is 0 Å². The van der Waals surface area contributed by atoms with E-state index in [4.69, 9.17) is 10.5 Å². The minimum atomic E-state index is -0.541. The van der Waals surface area contributed by atoms with E-state index >= 15 is 0 Å². The first kappa shape index (κ1) is 20.2. The molecule has 11 nitrogen and oxygen atoms in total. The predicted octanol–water partition coefficient (Wildman–Crippen LogP) is 2.51. The molecule has 31 heavy (non-hydrogen) atoms. The lowest BCUT2D eigenvalue weighted by Gasteiger charge is -2.09. The van der Waals surface area contributed by atoms with Gasteiger partial charge in [-0.15, -0.1) is 16.4 Å². The number of nitrogens with zero attached hydrogens (tertiary/aromatic N) is 6. The summed E-state index contributed by atoms with van der Waals surface area (Å²) in [5.41, 5.74) is 9.50. The van der Waals surface area contributed by atoms with Gasteiger partial charge in [-0.25, -0.2) is 10.1 Å². The number of nitrogens with one attached hydrogen (secondary N) is 1. The minimum absolute atomic E-state index is 0.0255. The molecule has 0 aliphatic carbocycles. The van der Waals surface area contributed by atoms with E-state index in [0.717, 1.165) is 16.2 Å². The molecule has 0 radical (unpaired) electrons. The quantitative estimate of drug-likeness (QED) is 0.330. The number of ether oxygens (including phenoxy) is 1. The molecule has 3 N–H and O–H groups in total. The number of carbonyl (C=O) groups is 1. The Morgan fingerprint density at radius 1 is 1.29 bits per heavy atom. The van der Waals surface area contributed by atoms with Crippen molar-refractivity contribution in [2.24, 2.45) is 5.10 Å². The topological polar surface area (TPSA) is 146 Å². The van der Waals surface area contributed by atoms with Crippen LogP contribution < -0.4 is 15.9 Å². The van der Waals surface area contributed by atoms with E-state index in [1.165, 1.54) is 22.2 Å². The number of thiophene rings is 1. The third-order valence-electron chi connectivity index (χ3n) is 3.97. The van der Waals surface area contributed by atoms with Crippen molar-refractivity contribution >= 4 is 29.3 Å². The molecule has 1 amide bonds. The second-order valence-electron chi connectivity index (χ2n) is 6.58. The Kier molecular flexibility index (Phi) is 5.71. The van der Waals surface area contributed by atoms with Crippen molar-refractivity contribution in [1.82, 2.24) is 30.7 Å². The van der Waals surface area contributed by atoms with Crippen LogP contribution in [0.4, 0.5) is 5.82 Å². The highest BCUT2D eigenvalue weighted by molar-refractivity contribution is 7.13. The number of hydrazone groups is 1. The summed E-state index contributed by atoms with van der Waals surface area (Å²) in [5.74, 6) is 0.385. The van der Waals surface area contributed by atoms with Crippen molar-refractivity contribution in [3.05, 3.63) is 53.0 Å². The Balaban J connectivity index is 1.54. The highest BCUT2D eigenvalue weighted by Gasteiger charge is 2.25. The Morgan fingerprint density at radius 2 is 2.10 bits per heavy atom. The van der Waals surface area contributed by atoms with E-state index in [2.05, 4.69) is 35.8 Å². The highest BCUT2D eigenvalue weighted by Crippen LogP contribution is 2.29. The van der Waals surface area contributed by atoms with Gasteiger partial charge in [-0.2, -0.15) is 9.78 Å². The number of aromatic nitrogens is 5. The van der Waals surface area contributed by atoms with E-state index in [1.807, 2.05) is 55.6 Å². The molecule has 0 saturated carbocycles. The maximum Gasteiger partial charge on any atom is 0.294 e. The number of rotatable bonds is 7. The zero-order chi connectivity index (χ0) is 21.8. The molecule has 0 spiro atoms. The molecule has 0 unspecified atom stereocenters. The smallest absolute Gasteiger partial charge is 0.294 e. The summed E-state index contributed by atoms with van der Waals surface area (Å²) in [6, 6.07) is 11.0. The normalized spacial score (nSPS) is 11.3. The number of carbonyl (C=O) groups excluding carboxylic acids is 1. The van der Waals surface area contributed by atoms with Gasteiger partial charge < -0.3 is 10.5 Å². The van der Waals surface area contributed by atoms with E-state index in [-0.39, 0.29) is 23.4 Å². The minimum Gasteiger partial charge on any atom is -0.491 e. The van der Waals surface area contributed by atoms with E-state index in [9.17, 15) is 4.79 Å². The summed E-state index contributed by atoms with van der Waals surface area (Å²) in [7, 11) is 0. The van der Waals surface area contributed by atoms with Gasteiger partial charge in [-0.05, 0) is 65.4 Å². The maximum atomic E-state index is 12.7. The summed E-state index contributed by atoms with van der Waals surface area (Å²) in [6.45, 7) is 3.91. The van der Waals surface area contributed by atoms with Crippen LogP contribution in [0.2, 0.25) is 0 Å². The van der Waals surface area contributed by atoms with Crippen LogP contribution in [0, 0.1) is 0 Å². The van der Waals surface area contributed by atoms with E-state index < -0.39 is 5.91 Å². The lowest BCUT2D eigenvalue weighted by molar-refractivity contribution is 0.0950. The third kappa shape index (κ3) is 4.43. The SMILES string of the molecule is CC(C)Oc1ccc(/C=N/NC(=O)c2nnn(-c3nonc3N)c2-c2cccs2)cc1. The summed E-state index contributed by atoms with van der Waals surface area (Å²) in [6.07, 6.45) is 1.61. The number of hydrogen-bond donors (Lipinski definition) is 2. The average molecular weight is 438 g/mol. The molecule has 0 bridgehead atoms. The molecule has 3 heterocycles. The molecule has 12 heteroatoms. The van der Waals surface area contributed by atoms with Crippen molar-refractivity contribution in [3.63, 3.8) is 0 Å². The number of nitrogens with two attached hydrogens (primary N) is 1. The molecule has 3 aromatic heterocycles. The molecule has 0 aliphatic heterocycles. The van der Waals surface area contributed by atoms with Crippen LogP contribution in [-0.4, -0.2) is 43.5 Å². The Labute approximate surface area is 180 Å². The van der Waals surface area contributed by atoms with Crippen molar-refractivity contribution in [1.29, 1.82) is 0 Å². The number of hydrogen-bond acceptors (Lipinski definition) is 10. The van der Waals surface area contributed by atoms with Crippen molar-refractivity contribution in [2.75, 3.05) is 5.73 Å². The summed E-state index contributed by atoms with van der Waals surface area (Å²) < 4.78 is 11.6. The number of anilines is 1. The van der Waals surface area contributed by atoms with Crippen LogP contribution in [0.5, 0.6) is 5.75 Å². The van der Waals surface area contributed by atoms with Gasteiger partial charge >= 0.3 is 0 Å². The molecule has 1 aromatic carbocycles. The number of benzene rings is 1. The van der Waals surface area contributed by atoms with Crippen LogP contribution in [0.1, 0.15) is 29.9 Å². The number of nitrogen functional groups attached to an aromatic ring is 1. The van der Waals surface area contributed by atoms with Crippen LogP contribution in [0.15, 0.2) is 51.5 Å². The fraction of sp³-hybridized carbons (Fsp3) is 0.158. The van der Waals surface area contributed by atoms with Crippen LogP contribution in [0.25, 0.3) is 16.4 Å². The van der Waals surface area contributed by atoms with Gasteiger partial charge in [0.2, 0.25) is 11.6 Å². The lowest BCUT2D eigenvalue weighted by atomic mass is 10.2. The summed E-state index contributed by atoms with van der Waals surface area (Å²) >= 11 is 1.40. The van der Waals surface area contributed by atoms with Crippen molar-refractivity contribution < 1.29 is 14.2 Å². The second kappa shape index (κ2) is 8.75. The first-order valence-corrected chi connectivity index (χ1v) is 10.1. The second-order valence-corrected chi connectivity index (χ2v) is 7.53. The first-order valence-electron chi connectivity index (χ1n) is 9.21. The molecule has 0 atom stereocenters. The van der Waals surface area contributed by atoms with Crippen LogP contribution in [-0.2, 0) is 0 Å². The Bertz CT molecular complexity index is 1200. The summed E-state index contributed by atoms with van der Waals surface area (Å²) in [4.78, 5) is 13.5. The molecule has 4 rings (SSSR count). The van der Waals surface area contributed by atoms with Gasteiger partial charge in [0.25, 0.3) is 5.91 Å². The van der Waals surface area contributed by atoms with Crippen LogP contribution >= 0.6 is 11.3 Å². The van der Waals surface area contributed by atoms with Crippen LogP contribution in [0.3, 0.4) is 0 Å².